The lowest BCUT2D eigenvalue weighted by molar-refractivity contribution is -0.137. The van der Waals surface area contributed by atoms with E-state index in [1.165, 1.54) is 5.69 Å². The number of rotatable bonds is 4. The number of piperazine rings is 1. The summed E-state index contributed by atoms with van der Waals surface area (Å²) >= 11 is 0. The summed E-state index contributed by atoms with van der Waals surface area (Å²) in [6.45, 7) is 10.2. The van der Waals surface area contributed by atoms with Gasteiger partial charge in [0, 0.05) is 56.9 Å². The Morgan fingerprint density at radius 3 is 2.17 bits per heavy atom. The summed E-state index contributed by atoms with van der Waals surface area (Å²) in [5, 5.41) is 3.02. The molecule has 3 amide bonds. The van der Waals surface area contributed by atoms with Gasteiger partial charge in [0.05, 0.1) is 0 Å². The van der Waals surface area contributed by atoms with Gasteiger partial charge in [-0.05, 0) is 64.5 Å². The third-order valence-electron chi connectivity index (χ3n) is 6.27. The number of urea groups is 1. The number of nitrogens with zero attached hydrogens (tertiary/aromatic N) is 3. The van der Waals surface area contributed by atoms with Gasteiger partial charge in [-0.3, -0.25) is 4.79 Å². The fraction of sp³-hybridized carbons (Fsp3) is 0.667. The van der Waals surface area contributed by atoms with Crippen molar-refractivity contribution in [3.63, 3.8) is 0 Å². The highest BCUT2D eigenvalue weighted by atomic mass is 16.2. The van der Waals surface area contributed by atoms with Crippen molar-refractivity contribution < 1.29 is 9.59 Å². The summed E-state index contributed by atoms with van der Waals surface area (Å²) in [7, 11) is 1.87. The highest BCUT2D eigenvalue weighted by molar-refractivity contribution is 5.79. The van der Waals surface area contributed by atoms with E-state index in [1.54, 1.807) is 4.90 Å². The standard InChI is InChI=1S/C24H38N4O2/c1-24(2,3)25-23(30)26(4)18-19-10-12-20(13-11-19)22(29)28-16-14-27(15-17-28)21-8-6-5-7-9-21/h5-9,19-20H,10-18H2,1-4H3,(H,25,30)/t19-,20-. The van der Waals surface area contributed by atoms with E-state index in [9.17, 15) is 9.59 Å². The molecular weight excluding hydrogens is 376 g/mol. The molecule has 1 saturated heterocycles. The Labute approximate surface area is 181 Å². The van der Waals surface area contributed by atoms with Crippen LogP contribution < -0.4 is 10.2 Å². The number of carbonyl (C=O) groups excluding carboxylic acids is 2. The Balaban J connectivity index is 1.41. The van der Waals surface area contributed by atoms with E-state index in [0.29, 0.717) is 11.8 Å². The molecule has 0 spiro atoms. The van der Waals surface area contributed by atoms with Crippen molar-refractivity contribution in [3.8, 4) is 0 Å². The van der Waals surface area contributed by atoms with Gasteiger partial charge < -0.3 is 20.0 Å². The fourth-order valence-electron chi connectivity index (χ4n) is 4.56. The minimum Gasteiger partial charge on any atom is -0.368 e. The summed E-state index contributed by atoms with van der Waals surface area (Å²) in [4.78, 5) is 31.5. The van der Waals surface area contributed by atoms with Crippen molar-refractivity contribution in [3.05, 3.63) is 30.3 Å². The number of carbonyl (C=O) groups is 2. The number of hydrogen-bond acceptors (Lipinski definition) is 3. The molecule has 2 fully saturated rings. The van der Waals surface area contributed by atoms with Crippen LogP contribution in [0.3, 0.4) is 0 Å². The van der Waals surface area contributed by atoms with E-state index in [4.69, 9.17) is 0 Å². The normalized spacial score (nSPS) is 22.5. The lowest BCUT2D eigenvalue weighted by Gasteiger charge is -2.39. The van der Waals surface area contributed by atoms with Crippen LogP contribution in [0.25, 0.3) is 0 Å². The summed E-state index contributed by atoms with van der Waals surface area (Å²) in [5.74, 6) is 0.970. The topological polar surface area (TPSA) is 55.9 Å². The predicted molar refractivity (Wildman–Crippen MR) is 122 cm³/mol. The van der Waals surface area contributed by atoms with E-state index in [1.807, 2.05) is 33.9 Å². The zero-order chi connectivity index (χ0) is 21.7. The minimum absolute atomic E-state index is 0.0167. The molecule has 0 aromatic heterocycles. The van der Waals surface area contributed by atoms with Crippen molar-refractivity contribution in [2.45, 2.75) is 52.0 Å². The first kappa shape index (κ1) is 22.4. The fourth-order valence-corrected chi connectivity index (χ4v) is 4.56. The summed E-state index contributed by atoms with van der Waals surface area (Å²) in [6, 6.07) is 10.4. The summed E-state index contributed by atoms with van der Waals surface area (Å²) in [6.07, 6.45) is 3.93. The number of nitrogens with one attached hydrogen (secondary N) is 1. The van der Waals surface area contributed by atoms with Gasteiger partial charge in [0.15, 0.2) is 0 Å². The van der Waals surface area contributed by atoms with Gasteiger partial charge in [-0.2, -0.15) is 0 Å². The highest BCUT2D eigenvalue weighted by Gasteiger charge is 2.32. The maximum absolute atomic E-state index is 13.0. The second-order valence-electron chi connectivity index (χ2n) is 9.93. The molecule has 1 aromatic rings. The van der Waals surface area contributed by atoms with Crippen molar-refractivity contribution in [1.29, 1.82) is 0 Å². The smallest absolute Gasteiger partial charge is 0.317 e. The SMILES string of the molecule is CN(C[C@H]1CC[C@H](C(=O)N2CCN(c3ccccc3)CC2)CC1)C(=O)NC(C)(C)C. The zero-order valence-electron chi connectivity index (χ0n) is 19.1. The molecule has 2 aliphatic rings. The van der Waals surface area contributed by atoms with Crippen molar-refractivity contribution >= 4 is 17.6 Å². The van der Waals surface area contributed by atoms with Crippen molar-refractivity contribution in [1.82, 2.24) is 15.1 Å². The number of para-hydroxylation sites is 1. The molecular formula is C24H38N4O2. The molecule has 1 heterocycles. The first-order valence-corrected chi connectivity index (χ1v) is 11.3. The molecule has 3 rings (SSSR count). The maximum atomic E-state index is 13.0. The van der Waals surface area contributed by atoms with E-state index in [2.05, 4.69) is 39.4 Å². The maximum Gasteiger partial charge on any atom is 0.317 e. The molecule has 1 aliphatic carbocycles. The number of anilines is 1. The second kappa shape index (κ2) is 9.71. The zero-order valence-corrected chi connectivity index (χ0v) is 19.1. The Morgan fingerprint density at radius 1 is 1.00 bits per heavy atom. The number of benzene rings is 1. The minimum atomic E-state index is -0.222. The monoisotopic (exact) mass is 414 g/mol. The van der Waals surface area contributed by atoms with Crippen molar-refractivity contribution in [2.75, 3.05) is 44.7 Å². The number of hydrogen-bond donors (Lipinski definition) is 1. The molecule has 0 atom stereocenters. The first-order valence-electron chi connectivity index (χ1n) is 11.3. The van der Waals surface area contributed by atoms with Crippen LogP contribution in [-0.2, 0) is 4.79 Å². The van der Waals surface area contributed by atoms with Crippen LogP contribution in [0, 0.1) is 11.8 Å². The third-order valence-corrected chi connectivity index (χ3v) is 6.27. The Hall–Kier alpha value is -2.24. The largest absolute Gasteiger partial charge is 0.368 e. The van der Waals surface area contributed by atoms with E-state index < -0.39 is 0 Å². The third kappa shape index (κ3) is 6.13. The van der Waals surface area contributed by atoms with Crippen LogP contribution in [0.15, 0.2) is 30.3 Å². The van der Waals surface area contributed by atoms with Gasteiger partial charge in [-0.15, -0.1) is 0 Å². The van der Waals surface area contributed by atoms with Crippen LogP contribution in [0.2, 0.25) is 0 Å². The molecule has 6 nitrogen and oxygen atoms in total. The molecule has 1 aromatic carbocycles. The van der Waals surface area contributed by atoms with Crippen LogP contribution >= 0.6 is 0 Å². The van der Waals surface area contributed by atoms with Gasteiger partial charge in [-0.25, -0.2) is 4.79 Å². The van der Waals surface area contributed by atoms with E-state index in [-0.39, 0.29) is 17.5 Å². The second-order valence-corrected chi connectivity index (χ2v) is 9.93. The molecule has 6 heteroatoms. The van der Waals surface area contributed by atoms with Crippen LogP contribution in [-0.4, -0.2) is 67.0 Å². The van der Waals surface area contributed by atoms with Crippen LogP contribution in [0.5, 0.6) is 0 Å². The van der Waals surface area contributed by atoms with Crippen LogP contribution in [0.1, 0.15) is 46.5 Å². The van der Waals surface area contributed by atoms with Gasteiger partial charge in [0.1, 0.15) is 0 Å². The average molecular weight is 415 g/mol. The van der Waals surface area contributed by atoms with Gasteiger partial charge >= 0.3 is 6.03 Å². The Kier molecular flexibility index (Phi) is 7.27. The molecule has 1 saturated carbocycles. The molecule has 0 radical (unpaired) electrons. The average Bonchev–Trinajstić information content (AvgIpc) is 2.73. The molecule has 1 aliphatic heterocycles. The lowest BCUT2D eigenvalue weighted by atomic mass is 9.81. The lowest BCUT2D eigenvalue weighted by Crippen LogP contribution is -2.51. The van der Waals surface area contributed by atoms with E-state index in [0.717, 1.165) is 58.4 Å². The molecule has 0 unspecified atom stereocenters. The molecule has 1 N–H and O–H groups in total. The van der Waals surface area contributed by atoms with E-state index >= 15 is 0 Å². The van der Waals surface area contributed by atoms with Gasteiger partial charge in [-0.1, -0.05) is 18.2 Å². The summed E-state index contributed by atoms with van der Waals surface area (Å²) in [5.41, 5.74) is 1.02. The Morgan fingerprint density at radius 2 is 1.60 bits per heavy atom. The molecule has 30 heavy (non-hydrogen) atoms. The molecule has 0 bridgehead atoms. The molecule has 166 valence electrons. The van der Waals surface area contributed by atoms with Crippen molar-refractivity contribution in [2.24, 2.45) is 11.8 Å². The first-order chi connectivity index (χ1) is 14.2. The quantitative estimate of drug-likeness (QED) is 0.819. The summed E-state index contributed by atoms with van der Waals surface area (Å²) < 4.78 is 0. The van der Waals surface area contributed by atoms with Gasteiger partial charge in [0.25, 0.3) is 0 Å². The highest BCUT2D eigenvalue weighted by Crippen LogP contribution is 2.31. The predicted octanol–water partition coefficient (Wildman–Crippen LogP) is 3.58. The Bertz CT molecular complexity index is 700. The van der Waals surface area contributed by atoms with Gasteiger partial charge in [0.2, 0.25) is 5.91 Å². The van der Waals surface area contributed by atoms with Crippen LogP contribution in [0.4, 0.5) is 10.5 Å². The number of amides is 3.